The number of ether oxygens (including phenoxy) is 1. The first-order chi connectivity index (χ1) is 7.27. The SMILES string of the molecule is Cl.Cl.NCC(CN)C(=O)OCc1ccccc1. The van der Waals surface area contributed by atoms with Gasteiger partial charge in [0, 0.05) is 13.1 Å². The summed E-state index contributed by atoms with van der Waals surface area (Å²) in [6, 6.07) is 9.49. The minimum atomic E-state index is -0.395. The summed E-state index contributed by atoms with van der Waals surface area (Å²) in [6.45, 7) is 0.727. The summed E-state index contributed by atoms with van der Waals surface area (Å²) >= 11 is 0. The van der Waals surface area contributed by atoms with E-state index in [4.69, 9.17) is 16.2 Å². The Bertz CT molecular complexity index is 306. The predicted octanol–water partition coefficient (Wildman–Crippen LogP) is 1.11. The van der Waals surface area contributed by atoms with Gasteiger partial charge < -0.3 is 16.2 Å². The van der Waals surface area contributed by atoms with Gasteiger partial charge in [0.2, 0.25) is 0 Å². The second-order valence-electron chi connectivity index (χ2n) is 3.26. The van der Waals surface area contributed by atoms with E-state index in [1.807, 2.05) is 30.3 Å². The van der Waals surface area contributed by atoms with Gasteiger partial charge in [0.15, 0.2) is 0 Å². The van der Waals surface area contributed by atoms with Crippen LogP contribution in [0.4, 0.5) is 0 Å². The molecule has 17 heavy (non-hydrogen) atoms. The second kappa shape index (κ2) is 10.4. The summed E-state index contributed by atoms with van der Waals surface area (Å²) in [6.07, 6.45) is 0. The molecule has 1 aromatic rings. The molecule has 0 spiro atoms. The van der Waals surface area contributed by atoms with Crippen LogP contribution in [0.25, 0.3) is 0 Å². The molecule has 98 valence electrons. The van der Waals surface area contributed by atoms with Gasteiger partial charge in [-0.15, -0.1) is 24.8 Å². The van der Waals surface area contributed by atoms with E-state index in [0.717, 1.165) is 5.56 Å². The Kier molecular flexibility index (Phi) is 11.3. The smallest absolute Gasteiger partial charge is 0.311 e. The van der Waals surface area contributed by atoms with Crippen molar-refractivity contribution < 1.29 is 9.53 Å². The molecule has 0 aliphatic carbocycles. The van der Waals surface area contributed by atoms with Crippen LogP contribution in [-0.2, 0) is 16.1 Å². The van der Waals surface area contributed by atoms with Gasteiger partial charge >= 0.3 is 5.97 Å². The van der Waals surface area contributed by atoms with E-state index in [9.17, 15) is 4.79 Å². The maximum absolute atomic E-state index is 11.4. The number of rotatable bonds is 5. The highest BCUT2D eigenvalue weighted by Crippen LogP contribution is 2.03. The van der Waals surface area contributed by atoms with Crippen LogP contribution in [0.1, 0.15) is 5.56 Å². The van der Waals surface area contributed by atoms with Crippen LogP contribution in [-0.4, -0.2) is 19.1 Å². The minimum Gasteiger partial charge on any atom is -0.461 e. The summed E-state index contributed by atoms with van der Waals surface area (Å²) < 4.78 is 5.07. The Hall–Kier alpha value is -0.810. The molecular weight excluding hydrogens is 263 g/mol. The molecule has 6 heteroatoms. The van der Waals surface area contributed by atoms with E-state index < -0.39 is 5.92 Å². The number of hydrogen-bond donors (Lipinski definition) is 2. The molecular formula is C11H18Cl2N2O2. The number of hydrogen-bond acceptors (Lipinski definition) is 4. The highest BCUT2D eigenvalue weighted by Gasteiger charge is 2.15. The van der Waals surface area contributed by atoms with E-state index in [-0.39, 0.29) is 50.5 Å². The Morgan fingerprint density at radius 2 is 1.65 bits per heavy atom. The van der Waals surface area contributed by atoms with E-state index in [1.165, 1.54) is 0 Å². The Balaban J connectivity index is 0. The van der Waals surface area contributed by atoms with E-state index in [1.54, 1.807) is 0 Å². The van der Waals surface area contributed by atoms with Crippen molar-refractivity contribution in [3.8, 4) is 0 Å². The van der Waals surface area contributed by atoms with Crippen LogP contribution in [0.5, 0.6) is 0 Å². The van der Waals surface area contributed by atoms with Crippen molar-refractivity contribution in [2.45, 2.75) is 6.61 Å². The van der Waals surface area contributed by atoms with Gasteiger partial charge in [-0.05, 0) is 5.56 Å². The lowest BCUT2D eigenvalue weighted by Gasteiger charge is -2.11. The Morgan fingerprint density at radius 3 is 2.12 bits per heavy atom. The van der Waals surface area contributed by atoms with Crippen molar-refractivity contribution in [1.82, 2.24) is 0 Å². The quantitative estimate of drug-likeness (QED) is 0.792. The summed E-state index contributed by atoms with van der Waals surface area (Å²) in [4.78, 5) is 11.4. The van der Waals surface area contributed by atoms with Crippen molar-refractivity contribution in [1.29, 1.82) is 0 Å². The minimum absolute atomic E-state index is 0. The van der Waals surface area contributed by atoms with Gasteiger partial charge in [-0.2, -0.15) is 0 Å². The van der Waals surface area contributed by atoms with Crippen LogP contribution >= 0.6 is 24.8 Å². The first-order valence-electron chi connectivity index (χ1n) is 4.88. The lowest BCUT2D eigenvalue weighted by atomic mass is 10.1. The molecule has 0 aliphatic rings. The number of benzene rings is 1. The summed E-state index contributed by atoms with van der Waals surface area (Å²) in [7, 11) is 0. The van der Waals surface area contributed by atoms with Gasteiger partial charge in [-0.3, -0.25) is 4.79 Å². The Labute approximate surface area is 114 Å². The normalized spacial score (nSPS) is 9.12. The molecule has 4 nitrogen and oxygen atoms in total. The van der Waals surface area contributed by atoms with Crippen LogP contribution in [0, 0.1) is 5.92 Å². The highest BCUT2D eigenvalue weighted by molar-refractivity contribution is 5.85. The number of esters is 1. The monoisotopic (exact) mass is 280 g/mol. The zero-order chi connectivity index (χ0) is 11.1. The Morgan fingerprint density at radius 1 is 1.12 bits per heavy atom. The predicted molar refractivity (Wildman–Crippen MR) is 72.3 cm³/mol. The van der Waals surface area contributed by atoms with Crippen LogP contribution < -0.4 is 11.5 Å². The maximum Gasteiger partial charge on any atom is 0.311 e. The van der Waals surface area contributed by atoms with Crippen LogP contribution in [0.2, 0.25) is 0 Å². The molecule has 1 rings (SSSR count). The molecule has 0 saturated carbocycles. The molecule has 4 N–H and O–H groups in total. The standard InChI is InChI=1S/C11H16N2O2.2ClH/c12-6-10(7-13)11(14)15-8-9-4-2-1-3-5-9;;/h1-5,10H,6-8,12-13H2;2*1H. The topological polar surface area (TPSA) is 78.3 Å². The fourth-order valence-electron chi connectivity index (χ4n) is 1.14. The lowest BCUT2D eigenvalue weighted by Crippen LogP contribution is -2.32. The molecule has 1 aromatic carbocycles. The third-order valence-corrected chi connectivity index (χ3v) is 2.13. The number of halogens is 2. The molecule has 0 amide bonds. The first kappa shape index (κ1) is 18.6. The summed E-state index contributed by atoms with van der Waals surface area (Å²) in [5.41, 5.74) is 11.7. The number of carbonyl (C=O) groups is 1. The van der Waals surface area contributed by atoms with Crippen molar-refractivity contribution >= 4 is 30.8 Å². The fourth-order valence-corrected chi connectivity index (χ4v) is 1.14. The average molecular weight is 281 g/mol. The van der Waals surface area contributed by atoms with E-state index in [2.05, 4.69) is 0 Å². The second-order valence-corrected chi connectivity index (χ2v) is 3.26. The third kappa shape index (κ3) is 6.48. The molecule has 0 radical (unpaired) electrons. The molecule has 0 aromatic heterocycles. The number of nitrogens with two attached hydrogens (primary N) is 2. The van der Waals surface area contributed by atoms with Crippen molar-refractivity contribution in [3.05, 3.63) is 35.9 Å². The zero-order valence-electron chi connectivity index (χ0n) is 9.37. The molecule has 0 heterocycles. The van der Waals surface area contributed by atoms with Crippen molar-refractivity contribution in [2.24, 2.45) is 17.4 Å². The molecule has 0 fully saturated rings. The molecule has 0 unspecified atom stereocenters. The maximum atomic E-state index is 11.4. The van der Waals surface area contributed by atoms with Gasteiger partial charge in [-0.25, -0.2) is 0 Å². The number of carbonyl (C=O) groups excluding carboxylic acids is 1. The van der Waals surface area contributed by atoms with Crippen molar-refractivity contribution in [3.63, 3.8) is 0 Å². The fraction of sp³-hybridized carbons (Fsp3) is 0.364. The van der Waals surface area contributed by atoms with Gasteiger partial charge in [0.25, 0.3) is 0 Å². The molecule has 0 aliphatic heterocycles. The molecule has 0 atom stereocenters. The van der Waals surface area contributed by atoms with Gasteiger partial charge in [0.05, 0.1) is 5.92 Å². The van der Waals surface area contributed by atoms with Gasteiger partial charge in [-0.1, -0.05) is 30.3 Å². The lowest BCUT2D eigenvalue weighted by molar-refractivity contribution is -0.149. The van der Waals surface area contributed by atoms with Gasteiger partial charge in [0.1, 0.15) is 6.61 Å². The largest absolute Gasteiger partial charge is 0.461 e. The molecule has 0 bridgehead atoms. The van der Waals surface area contributed by atoms with Crippen LogP contribution in [0.15, 0.2) is 30.3 Å². The summed E-state index contributed by atoms with van der Waals surface area (Å²) in [5, 5.41) is 0. The highest BCUT2D eigenvalue weighted by atomic mass is 35.5. The first-order valence-corrected chi connectivity index (χ1v) is 4.88. The summed E-state index contributed by atoms with van der Waals surface area (Å²) in [5.74, 6) is -0.724. The zero-order valence-corrected chi connectivity index (χ0v) is 11.0. The van der Waals surface area contributed by atoms with Crippen molar-refractivity contribution in [2.75, 3.05) is 13.1 Å². The molecule has 0 saturated heterocycles. The average Bonchev–Trinajstić information content (AvgIpc) is 2.29. The van der Waals surface area contributed by atoms with Crippen LogP contribution in [0.3, 0.4) is 0 Å². The van der Waals surface area contributed by atoms with E-state index >= 15 is 0 Å². The van der Waals surface area contributed by atoms with E-state index in [0.29, 0.717) is 0 Å². The third-order valence-electron chi connectivity index (χ3n) is 2.13.